The van der Waals surface area contributed by atoms with Crippen molar-refractivity contribution >= 4 is 22.3 Å². The zero-order chi connectivity index (χ0) is 17.9. The predicted molar refractivity (Wildman–Crippen MR) is 98.6 cm³/mol. The largest absolute Gasteiger partial charge is 0.434 e. The number of nitro groups is 1. The molecule has 1 aliphatic carbocycles. The van der Waals surface area contributed by atoms with E-state index in [-0.39, 0.29) is 23.4 Å². The molecule has 0 saturated heterocycles. The summed E-state index contributed by atoms with van der Waals surface area (Å²) in [5, 5.41) is 16.9. The molecule has 0 aliphatic heterocycles. The fourth-order valence-electron chi connectivity index (χ4n) is 3.31. The maximum atomic E-state index is 11.6. The minimum Gasteiger partial charge on any atom is -0.434 e. The third-order valence-corrected chi connectivity index (χ3v) is 4.60. The summed E-state index contributed by atoms with van der Waals surface area (Å²) in [7, 11) is 0. The molecule has 1 aliphatic rings. The van der Waals surface area contributed by atoms with Crippen molar-refractivity contribution in [3.05, 3.63) is 58.9 Å². The first-order chi connectivity index (χ1) is 12.7. The summed E-state index contributed by atoms with van der Waals surface area (Å²) in [5.74, 6) is 0.658. The topological polar surface area (TPSA) is 90.2 Å². The zero-order valence-electron chi connectivity index (χ0n) is 14.1. The summed E-state index contributed by atoms with van der Waals surface area (Å²) in [6.45, 7) is 0. The minimum atomic E-state index is -0.492. The van der Waals surface area contributed by atoms with Gasteiger partial charge in [-0.3, -0.25) is 10.1 Å². The minimum absolute atomic E-state index is 0.0548. The van der Waals surface area contributed by atoms with Crippen molar-refractivity contribution in [1.29, 1.82) is 0 Å². The number of rotatable bonds is 5. The number of anilines is 1. The van der Waals surface area contributed by atoms with Crippen molar-refractivity contribution in [3.8, 4) is 11.6 Å². The van der Waals surface area contributed by atoms with Crippen LogP contribution in [-0.4, -0.2) is 20.9 Å². The molecular weight excluding hydrogens is 332 g/mol. The van der Waals surface area contributed by atoms with Gasteiger partial charge in [0.15, 0.2) is 0 Å². The molecule has 0 amide bonds. The predicted octanol–water partition coefficient (Wildman–Crippen LogP) is 4.68. The Hall–Kier alpha value is -3.22. The Kier molecular flexibility index (Phi) is 4.35. The lowest BCUT2D eigenvalue weighted by molar-refractivity contribution is -0.385. The Morgan fingerprint density at radius 3 is 2.62 bits per heavy atom. The molecule has 1 saturated carbocycles. The molecule has 7 heteroatoms. The highest BCUT2D eigenvalue weighted by Gasteiger charge is 2.27. The van der Waals surface area contributed by atoms with Gasteiger partial charge in [-0.15, -0.1) is 0 Å². The van der Waals surface area contributed by atoms with Gasteiger partial charge >= 0.3 is 11.6 Å². The molecule has 0 radical (unpaired) electrons. The first-order valence-electron chi connectivity index (χ1n) is 8.63. The molecule has 1 heterocycles. The molecule has 1 fully saturated rings. The Balaban J connectivity index is 1.67. The van der Waals surface area contributed by atoms with E-state index in [1.54, 1.807) is 6.07 Å². The van der Waals surface area contributed by atoms with E-state index in [9.17, 15) is 10.1 Å². The smallest absolute Gasteiger partial charge is 0.373 e. The van der Waals surface area contributed by atoms with Crippen LogP contribution in [0.2, 0.25) is 0 Å². The van der Waals surface area contributed by atoms with Crippen LogP contribution in [-0.2, 0) is 0 Å². The first kappa shape index (κ1) is 16.3. The van der Waals surface area contributed by atoms with Crippen LogP contribution in [0.1, 0.15) is 25.7 Å². The number of nitrogens with zero attached hydrogens (tertiary/aromatic N) is 3. The highest BCUT2D eigenvalue weighted by Crippen LogP contribution is 2.36. The summed E-state index contributed by atoms with van der Waals surface area (Å²) in [5.41, 5.74) is -0.229. The van der Waals surface area contributed by atoms with Gasteiger partial charge in [0.2, 0.25) is 5.82 Å². The zero-order valence-corrected chi connectivity index (χ0v) is 14.1. The van der Waals surface area contributed by atoms with Crippen LogP contribution in [0.25, 0.3) is 10.8 Å². The van der Waals surface area contributed by atoms with Gasteiger partial charge in [-0.2, -0.15) is 4.98 Å². The monoisotopic (exact) mass is 350 g/mol. The van der Waals surface area contributed by atoms with Crippen molar-refractivity contribution in [2.45, 2.75) is 31.7 Å². The van der Waals surface area contributed by atoms with Crippen molar-refractivity contribution in [2.24, 2.45) is 0 Å². The molecule has 1 N–H and O–H groups in total. The van der Waals surface area contributed by atoms with Crippen molar-refractivity contribution in [1.82, 2.24) is 9.97 Å². The molecule has 1 aromatic heterocycles. The molecule has 26 heavy (non-hydrogen) atoms. The number of benzene rings is 2. The molecule has 132 valence electrons. The third-order valence-electron chi connectivity index (χ3n) is 4.60. The highest BCUT2D eigenvalue weighted by atomic mass is 16.6. The average molecular weight is 350 g/mol. The van der Waals surface area contributed by atoms with Gasteiger partial charge in [0.25, 0.3) is 0 Å². The van der Waals surface area contributed by atoms with E-state index in [4.69, 9.17) is 4.74 Å². The van der Waals surface area contributed by atoms with E-state index in [1.165, 1.54) is 6.33 Å². The number of aromatic nitrogens is 2. The van der Waals surface area contributed by atoms with E-state index in [0.29, 0.717) is 5.75 Å². The quantitative estimate of drug-likeness (QED) is 0.530. The van der Waals surface area contributed by atoms with Crippen LogP contribution in [0.4, 0.5) is 11.5 Å². The van der Waals surface area contributed by atoms with E-state index >= 15 is 0 Å². The van der Waals surface area contributed by atoms with Gasteiger partial charge < -0.3 is 10.1 Å². The standard InChI is InChI=1S/C19H18N4O3/c24-23(25)17-18(22-15-7-3-4-8-15)20-12-21-19(17)26-16-10-9-13-5-1-2-6-14(13)11-16/h1-2,5-6,9-12,15H,3-4,7-8H2,(H,20,21,22). The SMILES string of the molecule is O=[N+]([O-])c1c(NC2CCCC2)ncnc1Oc1ccc2ccccc2c1. The van der Waals surface area contributed by atoms with E-state index in [0.717, 1.165) is 36.5 Å². The number of hydrogen-bond donors (Lipinski definition) is 1. The molecule has 4 rings (SSSR count). The molecule has 0 atom stereocenters. The normalized spacial score (nSPS) is 14.5. The Labute approximate surface area is 150 Å². The van der Waals surface area contributed by atoms with Crippen LogP contribution < -0.4 is 10.1 Å². The Morgan fingerprint density at radius 1 is 1.08 bits per heavy atom. The second kappa shape index (κ2) is 6.95. The van der Waals surface area contributed by atoms with Gasteiger partial charge in [-0.25, -0.2) is 4.98 Å². The average Bonchev–Trinajstić information content (AvgIpc) is 3.14. The molecular formula is C19H18N4O3. The van der Waals surface area contributed by atoms with Crippen molar-refractivity contribution in [2.75, 3.05) is 5.32 Å². The van der Waals surface area contributed by atoms with E-state index < -0.39 is 4.92 Å². The second-order valence-electron chi connectivity index (χ2n) is 6.37. The van der Waals surface area contributed by atoms with Crippen LogP contribution in [0.15, 0.2) is 48.8 Å². The lowest BCUT2D eigenvalue weighted by atomic mass is 10.1. The van der Waals surface area contributed by atoms with Crippen molar-refractivity contribution < 1.29 is 9.66 Å². The molecule has 3 aromatic rings. The van der Waals surface area contributed by atoms with Crippen molar-refractivity contribution in [3.63, 3.8) is 0 Å². The Bertz CT molecular complexity index is 954. The van der Waals surface area contributed by atoms with Gasteiger partial charge in [-0.1, -0.05) is 43.2 Å². The molecule has 0 unspecified atom stereocenters. The van der Waals surface area contributed by atoms with Crippen LogP contribution in [0.3, 0.4) is 0 Å². The van der Waals surface area contributed by atoms with Crippen LogP contribution >= 0.6 is 0 Å². The summed E-state index contributed by atoms with van der Waals surface area (Å²) in [6.07, 6.45) is 5.51. The Morgan fingerprint density at radius 2 is 1.85 bits per heavy atom. The van der Waals surface area contributed by atoms with Gasteiger partial charge in [0.05, 0.1) is 4.92 Å². The van der Waals surface area contributed by atoms with Gasteiger partial charge in [0, 0.05) is 6.04 Å². The maximum Gasteiger partial charge on any atom is 0.373 e. The first-order valence-corrected chi connectivity index (χ1v) is 8.63. The molecule has 7 nitrogen and oxygen atoms in total. The third kappa shape index (κ3) is 3.28. The van der Waals surface area contributed by atoms with Gasteiger partial charge in [-0.05, 0) is 35.7 Å². The number of nitrogens with one attached hydrogen (secondary N) is 1. The fourth-order valence-corrected chi connectivity index (χ4v) is 3.31. The molecule has 2 aromatic carbocycles. The summed E-state index contributed by atoms with van der Waals surface area (Å²) >= 11 is 0. The lowest BCUT2D eigenvalue weighted by Crippen LogP contribution is -2.17. The highest BCUT2D eigenvalue weighted by molar-refractivity contribution is 5.83. The van der Waals surface area contributed by atoms with Crippen LogP contribution in [0, 0.1) is 10.1 Å². The van der Waals surface area contributed by atoms with E-state index in [1.807, 2.05) is 36.4 Å². The lowest BCUT2D eigenvalue weighted by Gasteiger charge is -2.13. The van der Waals surface area contributed by atoms with Gasteiger partial charge in [0.1, 0.15) is 12.1 Å². The number of hydrogen-bond acceptors (Lipinski definition) is 6. The van der Waals surface area contributed by atoms with Crippen LogP contribution in [0.5, 0.6) is 11.6 Å². The summed E-state index contributed by atoms with van der Waals surface area (Å²) in [4.78, 5) is 19.2. The fraction of sp³-hybridized carbons (Fsp3) is 0.263. The number of ether oxygens (including phenoxy) is 1. The molecule has 0 bridgehead atoms. The summed E-state index contributed by atoms with van der Waals surface area (Å²) in [6, 6.07) is 13.6. The van der Waals surface area contributed by atoms with E-state index in [2.05, 4.69) is 15.3 Å². The molecule has 0 spiro atoms. The number of fused-ring (bicyclic) bond motifs is 1. The summed E-state index contributed by atoms with van der Waals surface area (Å²) < 4.78 is 5.75. The maximum absolute atomic E-state index is 11.6. The second-order valence-corrected chi connectivity index (χ2v) is 6.37.